The molecule has 2 aromatic rings. The third kappa shape index (κ3) is 3.53. The maximum atomic E-state index is 12.2. The van der Waals surface area contributed by atoms with Crippen LogP contribution in [0.2, 0.25) is 10.0 Å². The number of rotatable bonds is 3. The van der Waals surface area contributed by atoms with Crippen LogP contribution < -0.4 is 10.6 Å². The number of aliphatic hydroxyl groups excluding tert-OH is 1. The van der Waals surface area contributed by atoms with E-state index in [1.807, 2.05) is 0 Å². The van der Waals surface area contributed by atoms with Crippen LogP contribution in [0.25, 0.3) is 0 Å². The van der Waals surface area contributed by atoms with Crippen LogP contribution in [0.4, 0.5) is 0 Å². The maximum absolute atomic E-state index is 12.2. The van der Waals surface area contributed by atoms with Crippen molar-refractivity contribution in [1.82, 2.24) is 20.4 Å². The molecule has 2 amide bonds. The van der Waals surface area contributed by atoms with Crippen LogP contribution in [-0.2, 0) is 13.1 Å². The smallest absolute Gasteiger partial charge is 0.272 e. The van der Waals surface area contributed by atoms with Gasteiger partial charge in [0.1, 0.15) is 5.69 Å². The molecule has 1 aliphatic heterocycles. The Bertz CT molecular complexity index is 806. The molecule has 0 saturated heterocycles. The van der Waals surface area contributed by atoms with Gasteiger partial charge in [-0.2, -0.15) is 5.10 Å². The third-order valence-electron chi connectivity index (χ3n) is 3.57. The van der Waals surface area contributed by atoms with E-state index in [0.717, 1.165) is 0 Å². The highest BCUT2D eigenvalue weighted by molar-refractivity contribution is 6.33. The molecular weight excluding hydrogens is 355 g/mol. The molecule has 2 heterocycles. The van der Waals surface area contributed by atoms with Crippen molar-refractivity contribution < 1.29 is 14.7 Å². The Morgan fingerprint density at radius 2 is 2.21 bits per heavy atom. The van der Waals surface area contributed by atoms with Crippen LogP contribution in [-0.4, -0.2) is 39.4 Å². The van der Waals surface area contributed by atoms with E-state index in [2.05, 4.69) is 15.7 Å². The van der Waals surface area contributed by atoms with Crippen molar-refractivity contribution in [1.29, 1.82) is 0 Å². The average Bonchev–Trinajstić information content (AvgIpc) is 2.91. The molecule has 24 heavy (non-hydrogen) atoms. The van der Waals surface area contributed by atoms with Crippen molar-refractivity contribution >= 4 is 35.0 Å². The van der Waals surface area contributed by atoms with Gasteiger partial charge in [0.25, 0.3) is 11.8 Å². The van der Waals surface area contributed by atoms with Gasteiger partial charge in [0.15, 0.2) is 5.69 Å². The monoisotopic (exact) mass is 368 g/mol. The molecule has 0 bridgehead atoms. The molecule has 126 valence electrons. The summed E-state index contributed by atoms with van der Waals surface area (Å²) in [6.45, 7) is 0.466. The SMILES string of the molecule is O=C(NCc1cc(Cl)ccc1Cl)c1cc2n(n1)CC(O)CNC2=O. The van der Waals surface area contributed by atoms with E-state index in [1.54, 1.807) is 18.2 Å². The van der Waals surface area contributed by atoms with Crippen molar-refractivity contribution in [2.24, 2.45) is 0 Å². The van der Waals surface area contributed by atoms with Crippen LogP contribution in [0.5, 0.6) is 0 Å². The largest absolute Gasteiger partial charge is 0.389 e. The summed E-state index contributed by atoms with van der Waals surface area (Å²) in [5.74, 6) is -0.829. The molecule has 3 N–H and O–H groups in total. The Morgan fingerprint density at radius 3 is 3.00 bits per heavy atom. The van der Waals surface area contributed by atoms with Gasteiger partial charge in [-0.25, -0.2) is 0 Å². The molecule has 1 aromatic heterocycles. The average molecular weight is 369 g/mol. The zero-order chi connectivity index (χ0) is 17.3. The Hall–Kier alpha value is -2.09. The quantitative estimate of drug-likeness (QED) is 0.758. The van der Waals surface area contributed by atoms with Crippen LogP contribution in [0, 0.1) is 0 Å². The van der Waals surface area contributed by atoms with Crippen molar-refractivity contribution in [3.8, 4) is 0 Å². The lowest BCUT2D eigenvalue weighted by Gasteiger charge is -2.07. The second-order valence-electron chi connectivity index (χ2n) is 5.38. The van der Waals surface area contributed by atoms with E-state index < -0.39 is 12.0 Å². The lowest BCUT2D eigenvalue weighted by molar-refractivity contribution is 0.0931. The fourth-order valence-electron chi connectivity index (χ4n) is 2.36. The van der Waals surface area contributed by atoms with Gasteiger partial charge in [-0.15, -0.1) is 0 Å². The van der Waals surface area contributed by atoms with E-state index in [4.69, 9.17) is 23.2 Å². The molecule has 1 unspecified atom stereocenters. The minimum Gasteiger partial charge on any atom is -0.389 e. The lowest BCUT2D eigenvalue weighted by atomic mass is 10.2. The normalized spacial score (nSPS) is 17.0. The molecule has 9 heteroatoms. The second kappa shape index (κ2) is 6.80. The molecule has 7 nitrogen and oxygen atoms in total. The topological polar surface area (TPSA) is 96.2 Å². The zero-order valence-electron chi connectivity index (χ0n) is 12.4. The Balaban J connectivity index is 1.74. The lowest BCUT2D eigenvalue weighted by Crippen LogP contribution is -2.30. The van der Waals surface area contributed by atoms with Gasteiger partial charge in [-0.3, -0.25) is 14.3 Å². The molecule has 1 aliphatic rings. The van der Waals surface area contributed by atoms with E-state index >= 15 is 0 Å². The van der Waals surface area contributed by atoms with Gasteiger partial charge in [-0.05, 0) is 23.8 Å². The zero-order valence-corrected chi connectivity index (χ0v) is 13.9. The summed E-state index contributed by atoms with van der Waals surface area (Å²) in [5, 5.41) is 20.0. The summed E-state index contributed by atoms with van der Waals surface area (Å²) < 4.78 is 1.33. The van der Waals surface area contributed by atoms with E-state index in [-0.39, 0.29) is 36.9 Å². The van der Waals surface area contributed by atoms with E-state index in [9.17, 15) is 14.7 Å². The first-order valence-corrected chi connectivity index (χ1v) is 7.96. The fraction of sp³-hybridized carbons (Fsp3) is 0.267. The second-order valence-corrected chi connectivity index (χ2v) is 6.22. The highest BCUT2D eigenvalue weighted by Crippen LogP contribution is 2.20. The standard InChI is InChI=1S/C15H14Cl2N4O3/c16-9-1-2-11(17)8(3-9)5-18-14(23)12-4-13-15(24)19-6-10(22)7-21(13)20-12/h1-4,10,22H,5-7H2,(H,18,23)(H,19,24). The van der Waals surface area contributed by atoms with E-state index in [0.29, 0.717) is 15.6 Å². The highest BCUT2D eigenvalue weighted by Gasteiger charge is 2.24. The van der Waals surface area contributed by atoms with Crippen molar-refractivity contribution in [2.75, 3.05) is 6.54 Å². The summed E-state index contributed by atoms with van der Waals surface area (Å²) in [6.07, 6.45) is -0.753. The Morgan fingerprint density at radius 1 is 1.42 bits per heavy atom. The summed E-state index contributed by atoms with van der Waals surface area (Å²) in [7, 11) is 0. The predicted molar refractivity (Wildman–Crippen MR) is 88.2 cm³/mol. The van der Waals surface area contributed by atoms with Crippen molar-refractivity contribution in [2.45, 2.75) is 19.2 Å². The first kappa shape index (κ1) is 16.8. The number of hydrogen-bond acceptors (Lipinski definition) is 4. The summed E-state index contributed by atoms with van der Waals surface area (Å²) in [6, 6.07) is 6.36. The number of carbonyl (C=O) groups is 2. The van der Waals surface area contributed by atoms with Gasteiger partial charge in [0.05, 0.1) is 12.6 Å². The van der Waals surface area contributed by atoms with Gasteiger partial charge in [-0.1, -0.05) is 23.2 Å². The minimum atomic E-state index is -0.753. The van der Waals surface area contributed by atoms with Crippen LogP contribution in [0.1, 0.15) is 26.5 Å². The number of β-amino-alcohol motifs (C(OH)–C–C–N with tert-alkyl or cyclic N) is 1. The minimum absolute atomic E-state index is 0.0902. The molecule has 0 radical (unpaired) electrons. The summed E-state index contributed by atoms with van der Waals surface area (Å²) in [5.41, 5.74) is 0.997. The molecule has 1 aromatic carbocycles. The molecule has 1 atom stereocenters. The molecule has 3 rings (SSSR count). The predicted octanol–water partition coefficient (Wildman–Crippen LogP) is 1.22. The molecule has 0 saturated carbocycles. The van der Waals surface area contributed by atoms with Gasteiger partial charge in [0.2, 0.25) is 0 Å². The number of halogens is 2. The number of aromatic nitrogens is 2. The van der Waals surface area contributed by atoms with Crippen molar-refractivity contribution in [3.05, 3.63) is 51.3 Å². The van der Waals surface area contributed by atoms with Crippen molar-refractivity contribution in [3.63, 3.8) is 0 Å². The maximum Gasteiger partial charge on any atom is 0.272 e. The first-order chi connectivity index (χ1) is 11.4. The van der Waals surface area contributed by atoms with E-state index in [1.165, 1.54) is 10.7 Å². The number of aliphatic hydroxyl groups is 1. The number of amides is 2. The fourth-order valence-corrected chi connectivity index (χ4v) is 2.74. The van der Waals surface area contributed by atoms with Gasteiger partial charge >= 0.3 is 0 Å². The van der Waals surface area contributed by atoms with Gasteiger partial charge < -0.3 is 15.7 Å². The molecule has 0 fully saturated rings. The van der Waals surface area contributed by atoms with Crippen LogP contribution >= 0.6 is 23.2 Å². The number of carbonyl (C=O) groups excluding carboxylic acids is 2. The Labute approximate surface area is 147 Å². The number of hydrogen-bond donors (Lipinski definition) is 3. The summed E-state index contributed by atoms with van der Waals surface area (Å²) >= 11 is 12.0. The number of fused-ring (bicyclic) bond motifs is 1. The Kier molecular flexibility index (Phi) is 4.75. The van der Waals surface area contributed by atoms with Crippen LogP contribution in [0.15, 0.2) is 24.3 Å². The summed E-state index contributed by atoms with van der Waals surface area (Å²) in [4.78, 5) is 24.2. The number of benzene rings is 1. The molecule has 0 aliphatic carbocycles. The van der Waals surface area contributed by atoms with Crippen LogP contribution in [0.3, 0.4) is 0 Å². The van der Waals surface area contributed by atoms with Gasteiger partial charge in [0, 0.05) is 29.2 Å². The molecular formula is C15H14Cl2N4O3. The first-order valence-electron chi connectivity index (χ1n) is 7.20. The third-order valence-corrected chi connectivity index (χ3v) is 4.18. The number of nitrogens with one attached hydrogen (secondary N) is 2. The molecule has 0 spiro atoms. The number of nitrogens with zero attached hydrogens (tertiary/aromatic N) is 2. The highest BCUT2D eigenvalue weighted by atomic mass is 35.5.